The van der Waals surface area contributed by atoms with Crippen molar-refractivity contribution in [3.05, 3.63) is 54.4 Å². The van der Waals surface area contributed by atoms with E-state index in [1.54, 1.807) is 4.68 Å². The van der Waals surface area contributed by atoms with Crippen LogP contribution in [0.15, 0.2) is 43.0 Å². The third-order valence-electron chi connectivity index (χ3n) is 7.00. The molecule has 10 heteroatoms. The highest BCUT2D eigenvalue weighted by Crippen LogP contribution is 2.39. The first kappa shape index (κ1) is 21.2. The van der Waals surface area contributed by atoms with Gasteiger partial charge in [-0.15, -0.1) is 0 Å². The molecule has 3 aromatic rings. The summed E-state index contributed by atoms with van der Waals surface area (Å²) in [6, 6.07) is 9.00. The van der Waals surface area contributed by atoms with E-state index in [1.807, 2.05) is 6.20 Å². The zero-order valence-electron chi connectivity index (χ0n) is 19.3. The second-order valence-electron chi connectivity index (χ2n) is 9.15. The fourth-order valence-electron chi connectivity index (χ4n) is 5.19. The second kappa shape index (κ2) is 8.77. The number of nitrogens with one attached hydrogen (secondary N) is 1. The smallest absolute Gasteiger partial charge is 0.175 e. The number of nitrogens with zero attached hydrogens (tertiary/aromatic N) is 7. The molecule has 1 aromatic carbocycles. The van der Waals surface area contributed by atoms with Crippen molar-refractivity contribution in [1.29, 1.82) is 0 Å². The van der Waals surface area contributed by atoms with Gasteiger partial charge in [-0.1, -0.05) is 12.1 Å². The molecule has 1 unspecified atom stereocenters. The zero-order valence-corrected chi connectivity index (χ0v) is 19.3. The highest BCUT2D eigenvalue weighted by Gasteiger charge is 2.32. The van der Waals surface area contributed by atoms with Crippen molar-refractivity contribution in [3.63, 3.8) is 0 Å². The molecule has 1 saturated heterocycles. The van der Waals surface area contributed by atoms with Crippen molar-refractivity contribution >= 4 is 5.70 Å². The number of rotatable bonds is 5. The van der Waals surface area contributed by atoms with Gasteiger partial charge >= 0.3 is 0 Å². The lowest BCUT2D eigenvalue weighted by Crippen LogP contribution is -2.32. The summed E-state index contributed by atoms with van der Waals surface area (Å²) in [4.78, 5) is 9.02. The quantitative estimate of drug-likeness (QED) is 0.592. The summed E-state index contributed by atoms with van der Waals surface area (Å²) >= 11 is 0. The first-order chi connectivity index (χ1) is 16.7. The van der Waals surface area contributed by atoms with Crippen molar-refractivity contribution in [2.75, 3.05) is 39.9 Å². The molecule has 0 saturated carbocycles. The predicted molar refractivity (Wildman–Crippen MR) is 127 cm³/mol. The molecular weight excluding hydrogens is 432 g/mol. The highest BCUT2D eigenvalue weighted by atomic mass is 16.5. The van der Waals surface area contributed by atoms with Crippen LogP contribution >= 0.6 is 0 Å². The minimum absolute atomic E-state index is 0.0182. The number of aliphatic hydroxyl groups is 1. The average Bonchev–Trinajstić information content (AvgIpc) is 3.58. The molecule has 2 N–H and O–H groups in total. The van der Waals surface area contributed by atoms with Gasteiger partial charge in [0.1, 0.15) is 24.8 Å². The summed E-state index contributed by atoms with van der Waals surface area (Å²) < 4.78 is 10.1. The highest BCUT2D eigenvalue weighted by molar-refractivity contribution is 5.65. The summed E-state index contributed by atoms with van der Waals surface area (Å²) in [5.74, 6) is 1.61. The third-order valence-corrected chi connectivity index (χ3v) is 7.00. The Bertz CT molecular complexity index is 1190. The fourth-order valence-corrected chi connectivity index (χ4v) is 5.19. The van der Waals surface area contributed by atoms with Crippen LogP contribution in [0, 0.1) is 0 Å². The van der Waals surface area contributed by atoms with Crippen LogP contribution in [0.25, 0.3) is 17.0 Å². The van der Waals surface area contributed by atoms with Gasteiger partial charge in [0.2, 0.25) is 0 Å². The van der Waals surface area contributed by atoms with Gasteiger partial charge in [-0.2, -0.15) is 10.2 Å². The van der Waals surface area contributed by atoms with Gasteiger partial charge < -0.3 is 25.0 Å². The SMILES string of the molecule is CN1CCC(n2nccc2-c2ccc3c(c2)OCCN2C=C(c4ncnn4CCO)NC32)CC1. The molecule has 10 nitrogen and oxygen atoms in total. The van der Waals surface area contributed by atoms with Gasteiger partial charge in [-0.3, -0.25) is 4.68 Å². The van der Waals surface area contributed by atoms with Crippen LogP contribution in [0.2, 0.25) is 0 Å². The molecular formula is C24H30N8O2. The van der Waals surface area contributed by atoms with E-state index in [0.717, 1.165) is 66.6 Å². The number of aromatic nitrogens is 5. The lowest BCUT2D eigenvalue weighted by Gasteiger charge is -2.30. The summed E-state index contributed by atoms with van der Waals surface area (Å²) in [7, 11) is 2.18. The lowest BCUT2D eigenvalue weighted by molar-refractivity contribution is 0.213. The number of likely N-dealkylation sites (tertiary alicyclic amines) is 1. The van der Waals surface area contributed by atoms with Gasteiger partial charge in [-0.25, -0.2) is 9.67 Å². The number of hydrogen-bond acceptors (Lipinski definition) is 8. The van der Waals surface area contributed by atoms with Crippen molar-refractivity contribution < 1.29 is 9.84 Å². The van der Waals surface area contributed by atoms with Crippen molar-refractivity contribution in [3.8, 4) is 17.0 Å². The first-order valence-electron chi connectivity index (χ1n) is 11.9. The van der Waals surface area contributed by atoms with Crippen LogP contribution in [-0.2, 0) is 6.54 Å². The average molecular weight is 463 g/mol. The van der Waals surface area contributed by atoms with E-state index < -0.39 is 0 Å². The number of fused-ring (bicyclic) bond motifs is 3. The van der Waals surface area contributed by atoms with Crippen molar-refractivity contribution in [2.45, 2.75) is 31.6 Å². The van der Waals surface area contributed by atoms with Gasteiger partial charge in [0.15, 0.2) is 5.82 Å². The zero-order chi connectivity index (χ0) is 23.1. The summed E-state index contributed by atoms with van der Waals surface area (Å²) in [6.07, 6.45) is 7.68. The predicted octanol–water partition coefficient (Wildman–Crippen LogP) is 1.70. The van der Waals surface area contributed by atoms with E-state index in [1.165, 1.54) is 6.33 Å². The maximum absolute atomic E-state index is 9.33. The Balaban J connectivity index is 1.28. The number of aliphatic hydroxyl groups excluding tert-OH is 1. The molecule has 3 aliphatic heterocycles. The Morgan fingerprint density at radius 2 is 2.03 bits per heavy atom. The minimum atomic E-state index is -0.0420. The lowest BCUT2D eigenvalue weighted by atomic mass is 10.0. The molecule has 1 atom stereocenters. The van der Waals surface area contributed by atoms with Gasteiger partial charge in [0.25, 0.3) is 0 Å². The molecule has 34 heavy (non-hydrogen) atoms. The molecule has 178 valence electrons. The van der Waals surface area contributed by atoms with Crippen LogP contribution in [0.3, 0.4) is 0 Å². The van der Waals surface area contributed by atoms with E-state index in [0.29, 0.717) is 19.2 Å². The van der Waals surface area contributed by atoms with Crippen LogP contribution < -0.4 is 10.1 Å². The Morgan fingerprint density at radius 3 is 2.88 bits per heavy atom. The van der Waals surface area contributed by atoms with E-state index in [-0.39, 0.29) is 12.8 Å². The first-order valence-corrected chi connectivity index (χ1v) is 11.9. The number of hydrogen-bond donors (Lipinski definition) is 2. The molecule has 1 fully saturated rings. The number of ether oxygens (including phenoxy) is 1. The van der Waals surface area contributed by atoms with Gasteiger partial charge in [0, 0.05) is 23.5 Å². The third kappa shape index (κ3) is 3.72. The topological polar surface area (TPSA) is 96.5 Å². The molecule has 3 aliphatic rings. The maximum atomic E-state index is 9.33. The Kier molecular flexibility index (Phi) is 5.46. The molecule has 5 heterocycles. The Labute approximate surface area is 198 Å². The minimum Gasteiger partial charge on any atom is -0.491 e. The van der Waals surface area contributed by atoms with E-state index >= 15 is 0 Å². The molecule has 0 spiro atoms. The second-order valence-corrected chi connectivity index (χ2v) is 9.15. The Hall–Kier alpha value is -3.37. The van der Waals surface area contributed by atoms with Crippen LogP contribution in [0.4, 0.5) is 0 Å². The van der Waals surface area contributed by atoms with E-state index in [2.05, 4.69) is 72.5 Å². The van der Waals surface area contributed by atoms with E-state index in [4.69, 9.17) is 4.74 Å². The summed E-state index contributed by atoms with van der Waals surface area (Å²) in [5, 5.41) is 21.8. The number of piperidine rings is 1. The standard InChI is InChI=1S/C24H30N8O2/c1-29-8-5-18(6-9-29)32-21(4-7-26-32)17-2-3-19-22(14-17)34-13-11-30-15-20(28-23(19)30)24-25-16-27-31(24)10-12-33/h2-4,7,14-16,18,23,28,33H,5-6,8-13H2,1H3. The fraction of sp³-hybridized carbons (Fsp3) is 0.458. The van der Waals surface area contributed by atoms with Crippen molar-refractivity contribution in [1.82, 2.24) is 39.7 Å². The number of benzene rings is 1. The molecule has 0 radical (unpaired) electrons. The molecule has 0 amide bonds. The monoisotopic (exact) mass is 462 g/mol. The van der Waals surface area contributed by atoms with Gasteiger partial charge in [0.05, 0.1) is 37.1 Å². The van der Waals surface area contributed by atoms with Crippen molar-refractivity contribution in [2.24, 2.45) is 0 Å². The maximum Gasteiger partial charge on any atom is 0.175 e. The summed E-state index contributed by atoms with van der Waals surface area (Å²) in [6.45, 7) is 3.98. The summed E-state index contributed by atoms with van der Waals surface area (Å²) in [5.41, 5.74) is 4.24. The van der Waals surface area contributed by atoms with Crippen LogP contribution in [-0.4, -0.2) is 79.3 Å². The van der Waals surface area contributed by atoms with Crippen LogP contribution in [0.5, 0.6) is 5.75 Å². The van der Waals surface area contributed by atoms with E-state index in [9.17, 15) is 5.11 Å². The molecule has 0 bridgehead atoms. The van der Waals surface area contributed by atoms with Gasteiger partial charge in [-0.05, 0) is 45.1 Å². The van der Waals surface area contributed by atoms with Crippen LogP contribution in [0.1, 0.15) is 36.4 Å². The molecule has 6 rings (SSSR count). The largest absolute Gasteiger partial charge is 0.491 e. The Morgan fingerprint density at radius 1 is 1.15 bits per heavy atom. The molecule has 0 aliphatic carbocycles. The molecule has 2 aromatic heterocycles. The normalized spacial score (nSPS) is 20.8.